The van der Waals surface area contributed by atoms with E-state index >= 15 is 0 Å². The van der Waals surface area contributed by atoms with Crippen LogP contribution in [0.2, 0.25) is 0 Å². The van der Waals surface area contributed by atoms with Crippen LogP contribution in [0.1, 0.15) is 41.9 Å². The molecule has 1 saturated heterocycles. The molecule has 2 rings (SSSR count). The van der Waals surface area contributed by atoms with Crippen LogP contribution in [0.5, 0.6) is 0 Å². The Morgan fingerprint density at radius 3 is 2.67 bits per heavy atom. The fourth-order valence-corrected chi connectivity index (χ4v) is 3.33. The monoisotopic (exact) mass is 309 g/mol. The second kappa shape index (κ2) is 7.56. The van der Waals surface area contributed by atoms with E-state index in [1.807, 2.05) is 17.9 Å². The van der Waals surface area contributed by atoms with Crippen LogP contribution in [0.3, 0.4) is 0 Å². The molecule has 0 bridgehead atoms. The predicted octanol–water partition coefficient (Wildman–Crippen LogP) is 2.09. The molecule has 21 heavy (non-hydrogen) atoms. The van der Waals surface area contributed by atoms with Crippen LogP contribution in [-0.2, 0) is 11.2 Å². The van der Waals surface area contributed by atoms with Gasteiger partial charge in [0.2, 0.25) is 5.91 Å². The van der Waals surface area contributed by atoms with Crippen LogP contribution in [0, 0.1) is 0 Å². The summed E-state index contributed by atoms with van der Waals surface area (Å²) in [5.41, 5.74) is 0.642. The maximum absolute atomic E-state index is 12.6. The van der Waals surface area contributed by atoms with Crippen LogP contribution < -0.4 is 10.6 Å². The minimum absolute atomic E-state index is 0.0173. The number of carbonyl (C=O) groups is 2. The summed E-state index contributed by atoms with van der Waals surface area (Å²) < 4.78 is 0. The molecule has 0 aliphatic carbocycles. The molecule has 6 heteroatoms. The van der Waals surface area contributed by atoms with Crippen molar-refractivity contribution in [1.29, 1.82) is 0 Å². The van der Waals surface area contributed by atoms with Crippen LogP contribution in [0.4, 0.5) is 5.00 Å². The van der Waals surface area contributed by atoms with Gasteiger partial charge in [0.25, 0.3) is 5.91 Å². The van der Waals surface area contributed by atoms with Gasteiger partial charge in [-0.1, -0.05) is 13.8 Å². The van der Waals surface area contributed by atoms with E-state index in [4.69, 9.17) is 0 Å². The predicted molar refractivity (Wildman–Crippen MR) is 86.0 cm³/mol. The average molecular weight is 309 g/mol. The van der Waals surface area contributed by atoms with Gasteiger partial charge >= 0.3 is 0 Å². The summed E-state index contributed by atoms with van der Waals surface area (Å²) in [6, 6.07) is 1.93. The van der Waals surface area contributed by atoms with Gasteiger partial charge in [0.05, 0.1) is 5.56 Å². The lowest BCUT2D eigenvalue weighted by Gasteiger charge is -2.27. The summed E-state index contributed by atoms with van der Waals surface area (Å²) in [6.45, 7) is 7.12. The number of thiophene rings is 1. The van der Waals surface area contributed by atoms with Crippen molar-refractivity contribution >= 4 is 28.2 Å². The molecule has 1 aromatic rings. The van der Waals surface area contributed by atoms with Crippen molar-refractivity contribution < 1.29 is 9.59 Å². The molecule has 0 radical (unpaired) electrons. The normalized spacial score (nSPS) is 15.0. The van der Waals surface area contributed by atoms with Crippen molar-refractivity contribution in [1.82, 2.24) is 10.2 Å². The Hall–Kier alpha value is -1.40. The fourth-order valence-electron chi connectivity index (χ4n) is 2.32. The molecular weight excluding hydrogens is 286 g/mol. The van der Waals surface area contributed by atoms with Gasteiger partial charge in [0.1, 0.15) is 5.00 Å². The van der Waals surface area contributed by atoms with E-state index in [0.29, 0.717) is 17.0 Å². The van der Waals surface area contributed by atoms with E-state index < -0.39 is 0 Å². The minimum Gasteiger partial charge on any atom is -0.336 e. The summed E-state index contributed by atoms with van der Waals surface area (Å²) in [7, 11) is 0. The molecule has 2 heterocycles. The molecule has 0 spiro atoms. The Morgan fingerprint density at radius 1 is 1.33 bits per heavy atom. The number of amides is 2. The van der Waals surface area contributed by atoms with E-state index in [2.05, 4.69) is 17.6 Å². The van der Waals surface area contributed by atoms with E-state index in [9.17, 15) is 9.59 Å². The number of piperazine rings is 1. The maximum Gasteiger partial charge on any atom is 0.256 e. The van der Waals surface area contributed by atoms with Crippen molar-refractivity contribution in [2.75, 3.05) is 31.5 Å². The van der Waals surface area contributed by atoms with Crippen molar-refractivity contribution in [3.8, 4) is 0 Å². The molecule has 0 atom stereocenters. The summed E-state index contributed by atoms with van der Waals surface area (Å²) in [4.78, 5) is 27.4. The van der Waals surface area contributed by atoms with E-state index in [-0.39, 0.29) is 11.8 Å². The van der Waals surface area contributed by atoms with Crippen LogP contribution >= 0.6 is 11.3 Å². The van der Waals surface area contributed by atoms with Gasteiger partial charge in [-0.05, 0) is 18.9 Å². The third-order valence-corrected chi connectivity index (χ3v) is 4.69. The molecule has 116 valence electrons. The lowest BCUT2D eigenvalue weighted by molar-refractivity contribution is -0.116. The standard InChI is InChI=1S/C15H23N3O2S/c1-3-5-13(19)17-14-12(10-11(4-2)21-14)15(20)18-8-6-16-7-9-18/h10,16H,3-9H2,1-2H3,(H,17,19). The molecule has 2 amide bonds. The molecule has 1 aliphatic heterocycles. The summed E-state index contributed by atoms with van der Waals surface area (Å²) in [6.07, 6.45) is 2.16. The van der Waals surface area contributed by atoms with Crippen molar-refractivity contribution in [2.24, 2.45) is 0 Å². The Balaban J connectivity index is 2.18. The van der Waals surface area contributed by atoms with Gasteiger partial charge in [-0.25, -0.2) is 0 Å². The van der Waals surface area contributed by atoms with Crippen molar-refractivity contribution in [3.05, 3.63) is 16.5 Å². The number of carbonyl (C=O) groups excluding carboxylic acids is 2. The Kier molecular flexibility index (Phi) is 5.76. The molecule has 0 aromatic carbocycles. The third kappa shape index (κ3) is 4.04. The Bertz CT molecular complexity index is 507. The molecule has 0 unspecified atom stereocenters. The number of nitrogens with zero attached hydrogens (tertiary/aromatic N) is 1. The molecule has 1 aromatic heterocycles. The van der Waals surface area contributed by atoms with E-state index in [1.165, 1.54) is 11.3 Å². The number of aryl methyl sites for hydroxylation is 1. The molecule has 1 fully saturated rings. The second-order valence-corrected chi connectivity index (χ2v) is 6.29. The van der Waals surface area contributed by atoms with Gasteiger partial charge < -0.3 is 15.5 Å². The quantitative estimate of drug-likeness (QED) is 0.875. The average Bonchev–Trinajstić information content (AvgIpc) is 2.90. The van der Waals surface area contributed by atoms with Gasteiger partial charge in [-0.15, -0.1) is 11.3 Å². The summed E-state index contributed by atoms with van der Waals surface area (Å²) in [5, 5.41) is 6.85. The largest absolute Gasteiger partial charge is 0.336 e. The number of hydrogen-bond acceptors (Lipinski definition) is 4. The highest BCUT2D eigenvalue weighted by atomic mass is 32.1. The van der Waals surface area contributed by atoms with Crippen LogP contribution in [0.25, 0.3) is 0 Å². The molecule has 1 aliphatic rings. The zero-order valence-corrected chi connectivity index (χ0v) is 13.5. The maximum atomic E-state index is 12.6. The smallest absolute Gasteiger partial charge is 0.256 e. The highest BCUT2D eigenvalue weighted by Crippen LogP contribution is 2.30. The van der Waals surface area contributed by atoms with Crippen LogP contribution in [-0.4, -0.2) is 42.9 Å². The molecule has 0 saturated carbocycles. The Morgan fingerprint density at radius 2 is 2.05 bits per heavy atom. The lowest BCUT2D eigenvalue weighted by atomic mass is 10.2. The number of anilines is 1. The van der Waals surface area contributed by atoms with Crippen molar-refractivity contribution in [2.45, 2.75) is 33.1 Å². The first-order valence-electron chi connectivity index (χ1n) is 7.58. The second-order valence-electron chi connectivity index (χ2n) is 5.15. The molecule has 2 N–H and O–H groups in total. The van der Waals surface area contributed by atoms with Crippen molar-refractivity contribution in [3.63, 3.8) is 0 Å². The topological polar surface area (TPSA) is 61.4 Å². The third-order valence-electron chi connectivity index (χ3n) is 3.50. The zero-order valence-electron chi connectivity index (χ0n) is 12.7. The van der Waals surface area contributed by atoms with Gasteiger partial charge in [-0.2, -0.15) is 0 Å². The lowest BCUT2D eigenvalue weighted by Crippen LogP contribution is -2.46. The first-order chi connectivity index (χ1) is 10.2. The summed E-state index contributed by atoms with van der Waals surface area (Å²) >= 11 is 1.51. The number of rotatable bonds is 5. The SMILES string of the molecule is CCCC(=O)Nc1sc(CC)cc1C(=O)N1CCNCC1. The highest BCUT2D eigenvalue weighted by Gasteiger charge is 2.23. The molecular formula is C15H23N3O2S. The fraction of sp³-hybridized carbons (Fsp3) is 0.600. The Labute approximate surface area is 129 Å². The number of hydrogen-bond donors (Lipinski definition) is 2. The summed E-state index contributed by atoms with van der Waals surface area (Å²) in [5.74, 6) is 0.00983. The minimum atomic E-state index is -0.0173. The van der Waals surface area contributed by atoms with Gasteiger partial charge in [0, 0.05) is 37.5 Å². The van der Waals surface area contributed by atoms with E-state index in [1.54, 1.807) is 0 Å². The first kappa shape index (κ1) is 16.0. The zero-order chi connectivity index (χ0) is 15.2. The van der Waals surface area contributed by atoms with Gasteiger partial charge in [-0.3, -0.25) is 9.59 Å². The highest BCUT2D eigenvalue weighted by molar-refractivity contribution is 7.16. The van der Waals surface area contributed by atoms with Gasteiger partial charge in [0.15, 0.2) is 0 Å². The molecule has 5 nitrogen and oxygen atoms in total. The number of nitrogens with one attached hydrogen (secondary N) is 2. The van der Waals surface area contributed by atoms with E-state index in [0.717, 1.165) is 43.9 Å². The van der Waals surface area contributed by atoms with Crippen LogP contribution in [0.15, 0.2) is 6.07 Å². The first-order valence-corrected chi connectivity index (χ1v) is 8.39.